The molecule has 0 fully saturated rings. The largest absolute Gasteiger partial charge is 0.493 e. The summed E-state index contributed by atoms with van der Waals surface area (Å²) < 4.78 is 22.6. The standard InChI is InChI=1S/C25H27ClN2O5/c1-4-11-32-24-20(26)12-18(13-23(24)31-5-2)25(29)28-19-8-9-21(30-3)22(14-19)33-16-17-7-6-10-27-15-17/h6-10,12-15H,4-5,11,16H2,1-3H3,(H,28,29). The van der Waals surface area contributed by atoms with Gasteiger partial charge in [0.05, 0.1) is 25.3 Å². The maximum atomic E-state index is 12.9. The van der Waals surface area contributed by atoms with Crippen LogP contribution in [-0.4, -0.2) is 31.2 Å². The molecule has 0 radical (unpaired) electrons. The summed E-state index contributed by atoms with van der Waals surface area (Å²) in [5, 5.41) is 3.18. The van der Waals surface area contributed by atoms with Crippen molar-refractivity contribution in [2.75, 3.05) is 25.6 Å². The number of ether oxygens (including phenoxy) is 4. The van der Waals surface area contributed by atoms with E-state index in [9.17, 15) is 4.79 Å². The first-order valence-corrected chi connectivity index (χ1v) is 11.0. The number of rotatable bonds is 11. The monoisotopic (exact) mass is 470 g/mol. The Hall–Kier alpha value is -3.45. The van der Waals surface area contributed by atoms with Gasteiger partial charge in [0, 0.05) is 35.3 Å². The molecule has 1 amide bonds. The number of nitrogens with one attached hydrogen (secondary N) is 1. The topological polar surface area (TPSA) is 78.9 Å². The van der Waals surface area contributed by atoms with Gasteiger partial charge in [-0.05, 0) is 43.7 Å². The van der Waals surface area contributed by atoms with Gasteiger partial charge in [0.15, 0.2) is 23.0 Å². The van der Waals surface area contributed by atoms with Crippen LogP contribution < -0.4 is 24.3 Å². The SMILES string of the molecule is CCCOc1c(Cl)cc(C(=O)Nc2ccc(OC)c(OCc3cccnc3)c2)cc1OCC. The van der Waals surface area contributed by atoms with Gasteiger partial charge in [-0.15, -0.1) is 0 Å². The molecule has 3 aromatic rings. The number of carbonyl (C=O) groups is 1. The predicted octanol–water partition coefficient (Wildman–Crippen LogP) is 5.76. The third-order valence-corrected chi connectivity index (χ3v) is 4.84. The van der Waals surface area contributed by atoms with Crippen molar-refractivity contribution < 1.29 is 23.7 Å². The summed E-state index contributed by atoms with van der Waals surface area (Å²) in [7, 11) is 1.56. The van der Waals surface area contributed by atoms with Gasteiger partial charge in [-0.25, -0.2) is 0 Å². The van der Waals surface area contributed by atoms with E-state index >= 15 is 0 Å². The molecule has 0 aliphatic carbocycles. The fourth-order valence-corrected chi connectivity index (χ4v) is 3.29. The molecule has 1 aromatic heterocycles. The van der Waals surface area contributed by atoms with Crippen LogP contribution >= 0.6 is 11.6 Å². The average Bonchev–Trinajstić information content (AvgIpc) is 2.83. The molecule has 33 heavy (non-hydrogen) atoms. The van der Waals surface area contributed by atoms with Crippen LogP contribution in [0.25, 0.3) is 0 Å². The molecule has 7 nitrogen and oxygen atoms in total. The Bertz CT molecular complexity index is 1080. The second-order valence-electron chi connectivity index (χ2n) is 7.04. The van der Waals surface area contributed by atoms with Gasteiger partial charge >= 0.3 is 0 Å². The summed E-state index contributed by atoms with van der Waals surface area (Å²) in [5.74, 6) is 1.57. The van der Waals surface area contributed by atoms with Crippen LogP contribution in [0.5, 0.6) is 23.0 Å². The summed E-state index contributed by atoms with van der Waals surface area (Å²) in [6, 6.07) is 12.1. The lowest BCUT2D eigenvalue weighted by Gasteiger charge is -2.15. The van der Waals surface area contributed by atoms with Crippen molar-refractivity contribution in [3.63, 3.8) is 0 Å². The van der Waals surface area contributed by atoms with E-state index < -0.39 is 0 Å². The zero-order valence-electron chi connectivity index (χ0n) is 18.9. The Kier molecular flexibility index (Phi) is 8.78. The second kappa shape index (κ2) is 12.0. The van der Waals surface area contributed by atoms with Crippen LogP contribution in [0.3, 0.4) is 0 Å². The zero-order valence-corrected chi connectivity index (χ0v) is 19.6. The number of amides is 1. The summed E-state index contributed by atoms with van der Waals surface area (Å²) in [4.78, 5) is 17.0. The fraction of sp³-hybridized carbons (Fsp3) is 0.280. The minimum atomic E-state index is -0.344. The maximum absolute atomic E-state index is 12.9. The highest BCUT2D eigenvalue weighted by Gasteiger charge is 2.17. The maximum Gasteiger partial charge on any atom is 0.255 e. The molecule has 0 aliphatic heterocycles. The van der Waals surface area contributed by atoms with Crippen LogP contribution in [-0.2, 0) is 6.61 Å². The third kappa shape index (κ3) is 6.52. The second-order valence-corrected chi connectivity index (χ2v) is 7.44. The molecule has 174 valence electrons. The van der Waals surface area contributed by atoms with Crippen LogP contribution in [0.2, 0.25) is 5.02 Å². The molecular weight excluding hydrogens is 444 g/mol. The van der Waals surface area contributed by atoms with Gasteiger partial charge in [0.1, 0.15) is 6.61 Å². The van der Waals surface area contributed by atoms with E-state index in [1.165, 1.54) is 0 Å². The van der Waals surface area contributed by atoms with E-state index in [4.69, 9.17) is 30.5 Å². The van der Waals surface area contributed by atoms with E-state index in [-0.39, 0.29) is 5.91 Å². The number of carbonyl (C=O) groups excluding carboxylic acids is 1. The molecule has 0 saturated carbocycles. The van der Waals surface area contributed by atoms with Crippen LogP contribution in [0.4, 0.5) is 5.69 Å². The molecular formula is C25H27ClN2O5. The van der Waals surface area contributed by atoms with Crippen LogP contribution in [0.15, 0.2) is 54.9 Å². The van der Waals surface area contributed by atoms with E-state index in [0.717, 1.165) is 12.0 Å². The number of hydrogen-bond donors (Lipinski definition) is 1. The molecule has 3 rings (SSSR count). The molecule has 0 aliphatic rings. The minimum absolute atomic E-state index is 0.314. The molecule has 0 bridgehead atoms. The normalized spacial score (nSPS) is 10.4. The van der Waals surface area contributed by atoms with Gasteiger partial charge in [-0.3, -0.25) is 9.78 Å². The van der Waals surface area contributed by atoms with E-state index in [1.54, 1.807) is 49.8 Å². The van der Waals surface area contributed by atoms with Crippen molar-refractivity contribution in [2.45, 2.75) is 26.9 Å². The third-order valence-electron chi connectivity index (χ3n) is 4.56. The summed E-state index contributed by atoms with van der Waals surface area (Å²) >= 11 is 6.39. The van der Waals surface area contributed by atoms with Crippen molar-refractivity contribution in [1.82, 2.24) is 4.98 Å². The Balaban J connectivity index is 1.79. The smallest absolute Gasteiger partial charge is 0.255 e. The highest BCUT2D eigenvalue weighted by molar-refractivity contribution is 6.32. The summed E-state index contributed by atoms with van der Waals surface area (Å²) in [6.07, 6.45) is 4.25. The number of aromatic nitrogens is 1. The number of benzene rings is 2. The van der Waals surface area contributed by atoms with Gasteiger partial charge in [0.25, 0.3) is 5.91 Å². The van der Waals surface area contributed by atoms with Gasteiger partial charge in [0.2, 0.25) is 0 Å². The first kappa shape index (κ1) is 24.2. The Morgan fingerprint density at radius 3 is 2.58 bits per heavy atom. The molecule has 8 heteroatoms. The zero-order chi connectivity index (χ0) is 23.6. The average molecular weight is 471 g/mol. The molecule has 1 heterocycles. The summed E-state index contributed by atoms with van der Waals surface area (Å²) in [6.45, 7) is 5.08. The van der Waals surface area contributed by atoms with Crippen molar-refractivity contribution in [1.29, 1.82) is 0 Å². The Morgan fingerprint density at radius 2 is 1.88 bits per heavy atom. The minimum Gasteiger partial charge on any atom is -0.493 e. The van der Waals surface area contributed by atoms with E-state index in [2.05, 4.69) is 10.3 Å². The quantitative estimate of drug-likeness (QED) is 0.383. The first-order valence-electron chi connectivity index (χ1n) is 10.7. The molecule has 0 atom stereocenters. The number of pyridine rings is 1. The molecule has 0 saturated heterocycles. The lowest BCUT2D eigenvalue weighted by atomic mass is 10.1. The number of anilines is 1. The predicted molar refractivity (Wildman–Crippen MR) is 128 cm³/mol. The lowest BCUT2D eigenvalue weighted by molar-refractivity contribution is 0.102. The summed E-state index contributed by atoms with van der Waals surface area (Å²) in [5.41, 5.74) is 1.81. The highest BCUT2D eigenvalue weighted by atomic mass is 35.5. The lowest BCUT2D eigenvalue weighted by Crippen LogP contribution is -2.13. The van der Waals surface area contributed by atoms with Gasteiger partial charge < -0.3 is 24.3 Å². The number of nitrogens with zero attached hydrogens (tertiary/aromatic N) is 1. The Morgan fingerprint density at radius 1 is 1.03 bits per heavy atom. The fourth-order valence-electron chi connectivity index (χ4n) is 3.02. The van der Waals surface area contributed by atoms with Crippen molar-refractivity contribution in [2.24, 2.45) is 0 Å². The molecule has 1 N–H and O–H groups in total. The van der Waals surface area contributed by atoms with Crippen molar-refractivity contribution >= 4 is 23.2 Å². The van der Waals surface area contributed by atoms with E-state index in [1.807, 2.05) is 26.0 Å². The molecule has 2 aromatic carbocycles. The van der Waals surface area contributed by atoms with Crippen molar-refractivity contribution in [3.8, 4) is 23.0 Å². The van der Waals surface area contributed by atoms with Crippen molar-refractivity contribution in [3.05, 3.63) is 71.0 Å². The van der Waals surface area contributed by atoms with Gasteiger partial charge in [-0.1, -0.05) is 24.6 Å². The number of halogens is 1. The Labute approximate surface area is 198 Å². The van der Waals surface area contributed by atoms with Crippen LogP contribution in [0.1, 0.15) is 36.2 Å². The number of hydrogen-bond acceptors (Lipinski definition) is 6. The molecule has 0 spiro atoms. The first-order chi connectivity index (χ1) is 16.0. The van der Waals surface area contributed by atoms with E-state index in [0.29, 0.717) is 59.1 Å². The van der Waals surface area contributed by atoms with Gasteiger partial charge in [-0.2, -0.15) is 0 Å². The number of methoxy groups -OCH3 is 1. The molecule has 0 unspecified atom stereocenters. The highest BCUT2D eigenvalue weighted by Crippen LogP contribution is 2.37. The van der Waals surface area contributed by atoms with Crippen LogP contribution in [0, 0.1) is 0 Å².